The molecular formula is C18H24N2O6. The lowest BCUT2D eigenvalue weighted by molar-refractivity contribution is -0.145. The molecule has 142 valence electrons. The smallest absolute Gasteiger partial charge is 0.338 e. The second-order valence-electron chi connectivity index (χ2n) is 6.11. The van der Waals surface area contributed by atoms with Gasteiger partial charge in [0.25, 0.3) is 5.91 Å². The van der Waals surface area contributed by atoms with Crippen molar-refractivity contribution in [2.75, 3.05) is 19.0 Å². The molecule has 0 saturated heterocycles. The van der Waals surface area contributed by atoms with Crippen molar-refractivity contribution in [1.82, 2.24) is 5.32 Å². The molecule has 0 unspecified atom stereocenters. The van der Waals surface area contributed by atoms with Crippen LogP contribution < -0.4 is 10.6 Å². The van der Waals surface area contributed by atoms with Crippen LogP contribution in [0.25, 0.3) is 0 Å². The van der Waals surface area contributed by atoms with E-state index in [9.17, 15) is 19.2 Å². The highest BCUT2D eigenvalue weighted by Crippen LogP contribution is 2.12. The SMILES string of the molecule is COC(=O)[C@@H](CC(C)C)NC(=O)COC(=O)c1cccc(NC(C)=O)c1. The molecule has 0 fully saturated rings. The lowest BCUT2D eigenvalue weighted by atomic mass is 10.0. The van der Waals surface area contributed by atoms with Crippen molar-refractivity contribution < 1.29 is 28.7 Å². The van der Waals surface area contributed by atoms with Crippen LogP contribution in [0.4, 0.5) is 5.69 Å². The number of rotatable bonds is 8. The van der Waals surface area contributed by atoms with Crippen LogP contribution in [0.15, 0.2) is 24.3 Å². The third-order valence-corrected chi connectivity index (χ3v) is 3.28. The monoisotopic (exact) mass is 364 g/mol. The van der Waals surface area contributed by atoms with Crippen molar-refractivity contribution in [3.8, 4) is 0 Å². The predicted octanol–water partition coefficient (Wildman–Crippen LogP) is 1.51. The van der Waals surface area contributed by atoms with E-state index in [2.05, 4.69) is 15.4 Å². The Morgan fingerprint density at radius 2 is 1.85 bits per heavy atom. The molecule has 0 heterocycles. The Labute approximate surface area is 152 Å². The summed E-state index contributed by atoms with van der Waals surface area (Å²) >= 11 is 0. The number of nitrogens with one attached hydrogen (secondary N) is 2. The van der Waals surface area contributed by atoms with E-state index in [4.69, 9.17) is 4.74 Å². The van der Waals surface area contributed by atoms with E-state index in [1.807, 2.05) is 13.8 Å². The Hall–Kier alpha value is -2.90. The second-order valence-corrected chi connectivity index (χ2v) is 6.11. The van der Waals surface area contributed by atoms with Gasteiger partial charge in [0.05, 0.1) is 12.7 Å². The van der Waals surface area contributed by atoms with Crippen LogP contribution in [0.3, 0.4) is 0 Å². The summed E-state index contributed by atoms with van der Waals surface area (Å²) < 4.78 is 9.61. The molecule has 26 heavy (non-hydrogen) atoms. The van der Waals surface area contributed by atoms with Crippen molar-refractivity contribution in [2.45, 2.75) is 33.2 Å². The van der Waals surface area contributed by atoms with Crippen LogP contribution in [0.5, 0.6) is 0 Å². The number of anilines is 1. The van der Waals surface area contributed by atoms with Crippen LogP contribution in [-0.4, -0.2) is 43.5 Å². The number of esters is 2. The summed E-state index contributed by atoms with van der Waals surface area (Å²) in [5.74, 6) is -1.98. The Morgan fingerprint density at radius 1 is 1.15 bits per heavy atom. The van der Waals surface area contributed by atoms with Gasteiger partial charge in [-0.15, -0.1) is 0 Å². The highest BCUT2D eigenvalue weighted by molar-refractivity contribution is 5.95. The van der Waals surface area contributed by atoms with Gasteiger partial charge >= 0.3 is 11.9 Å². The number of ether oxygens (including phenoxy) is 2. The minimum Gasteiger partial charge on any atom is -0.467 e. The van der Waals surface area contributed by atoms with Gasteiger partial charge in [0.2, 0.25) is 5.91 Å². The molecule has 1 aromatic rings. The highest BCUT2D eigenvalue weighted by atomic mass is 16.5. The van der Waals surface area contributed by atoms with Crippen LogP contribution in [0.1, 0.15) is 37.6 Å². The third-order valence-electron chi connectivity index (χ3n) is 3.28. The molecule has 8 heteroatoms. The number of benzene rings is 1. The average Bonchev–Trinajstić information content (AvgIpc) is 2.57. The topological polar surface area (TPSA) is 111 Å². The summed E-state index contributed by atoms with van der Waals surface area (Å²) in [5.41, 5.74) is 0.634. The van der Waals surface area contributed by atoms with Crippen LogP contribution >= 0.6 is 0 Å². The van der Waals surface area contributed by atoms with Gasteiger partial charge in [-0.2, -0.15) is 0 Å². The number of hydrogen-bond acceptors (Lipinski definition) is 6. The normalized spacial score (nSPS) is 11.4. The molecule has 2 N–H and O–H groups in total. The summed E-state index contributed by atoms with van der Waals surface area (Å²) in [4.78, 5) is 46.7. The predicted molar refractivity (Wildman–Crippen MR) is 94.4 cm³/mol. The molecule has 0 aromatic heterocycles. The highest BCUT2D eigenvalue weighted by Gasteiger charge is 2.23. The van der Waals surface area contributed by atoms with Crippen molar-refractivity contribution >= 4 is 29.4 Å². The second kappa shape index (κ2) is 10.2. The van der Waals surface area contributed by atoms with Gasteiger partial charge in [0, 0.05) is 12.6 Å². The zero-order valence-corrected chi connectivity index (χ0v) is 15.3. The number of hydrogen-bond donors (Lipinski definition) is 2. The maximum Gasteiger partial charge on any atom is 0.338 e. The summed E-state index contributed by atoms with van der Waals surface area (Å²) in [5, 5.41) is 5.05. The van der Waals surface area contributed by atoms with Gasteiger partial charge in [-0.05, 0) is 30.5 Å². The summed E-state index contributed by atoms with van der Waals surface area (Å²) in [7, 11) is 1.24. The van der Waals surface area contributed by atoms with Gasteiger partial charge in [-0.1, -0.05) is 19.9 Å². The summed E-state index contributed by atoms with van der Waals surface area (Å²) in [6, 6.07) is 5.35. The fraction of sp³-hybridized carbons (Fsp3) is 0.444. The Kier molecular flexibility index (Phi) is 8.27. The summed E-state index contributed by atoms with van der Waals surface area (Å²) in [6.07, 6.45) is 0.408. The fourth-order valence-corrected chi connectivity index (χ4v) is 2.21. The minimum absolute atomic E-state index is 0.165. The van der Waals surface area contributed by atoms with Gasteiger partial charge in [0.1, 0.15) is 6.04 Å². The van der Waals surface area contributed by atoms with Crippen molar-refractivity contribution in [3.63, 3.8) is 0 Å². The largest absolute Gasteiger partial charge is 0.467 e. The lowest BCUT2D eigenvalue weighted by Gasteiger charge is -2.18. The van der Waals surface area contributed by atoms with E-state index in [-0.39, 0.29) is 17.4 Å². The molecule has 1 rings (SSSR count). The zero-order valence-electron chi connectivity index (χ0n) is 15.3. The number of amides is 2. The number of methoxy groups -OCH3 is 1. The molecule has 0 saturated carbocycles. The average molecular weight is 364 g/mol. The fourth-order valence-electron chi connectivity index (χ4n) is 2.21. The van der Waals surface area contributed by atoms with Crippen LogP contribution in [-0.2, 0) is 23.9 Å². The van der Waals surface area contributed by atoms with Crippen LogP contribution in [0.2, 0.25) is 0 Å². The molecule has 0 aliphatic rings. The molecule has 0 radical (unpaired) electrons. The van der Waals surface area contributed by atoms with Crippen molar-refractivity contribution in [3.05, 3.63) is 29.8 Å². The molecule has 1 aromatic carbocycles. The maximum atomic E-state index is 12.0. The van der Waals surface area contributed by atoms with E-state index < -0.39 is 30.5 Å². The van der Waals surface area contributed by atoms with Gasteiger partial charge in [-0.25, -0.2) is 9.59 Å². The molecule has 0 aliphatic carbocycles. The first-order valence-corrected chi connectivity index (χ1v) is 8.15. The first-order valence-electron chi connectivity index (χ1n) is 8.15. The summed E-state index contributed by atoms with van der Waals surface area (Å²) in [6.45, 7) is 4.63. The van der Waals surface area contributed by atoms with Gasteiger partial charge in [0.15, 0.2) is 6.61 Å². The standard InChI is InChI=1S/C18H24N2O6/c1-11(2)8-15(18(24)25-4)20-16(22)10-26-17(23)13-6-5-7-14(9-13)19-12(3)21/h5-7,9,11,15H,8,10H2,1-4H3,(H,19,21)(H,20,22)/t15-/m1/s1. The van der Waals surface area contributed by atoms with Crippen molar-refractivity contribution in [1.29, 1.82) is 0 Å². The van der Waals surface area contributed by atoms with E-state index in [0.29, 0.717) is 12.1 Å². The number of carbonyl (C=O) groups is 4. The van der Waals surface area contributed by atoms with Gasteiger partial charge < -0.3 is 20.1 Å². The first-order chi connectivity index (χ1) is 12.2. The van der Waals surface area contributed by atoms with Crippen molar-refractivity contribution in [2.24, 2.45) is 5.92 Å². The van der Waals surface area contributed by atoms with E-state index >= 15 is 0 Å². The lowest BCUT2D eigenvalue weighted by Crippen LogP contribution is -2.44. The van der Waals surface area contributed by atoms with E-state index in [1.54, 1.807) is 12.1 Å². The molecule has 2 amide bonds. The first kappa shape index (κ1) is 21.1. The third kappa shape index (κ3) is 7.33. The van der Waals surface area contributed by atoms with E-state index in [0.717, 1.165) is 0 Å². The Morgan fingerprint density at radius 3 is 2.42 bits per heavy atom. The molecular weight excluding hydrogens is 340 g/mol. The van der Waals surface area contributed by atoms with E-state index in [1.165, 1.54) is 26.2 Å². The van der Waals surface area contributed by atoms with Gasteiger partial charge in [-0.3, -0.25) is 9.59 Å². The molecule has 1 atom stereocenters. The Bertz CT molecular complexity index is 671. The molecule has 8 nitrogen and oxygen atoms in total. The molecule has 0 aliphatic heterocycles. The minimum atomic E-state index is -0.797. The van der Waals surface area contributed by atoms with Crippen LogP contribution in [0, 0.1) is 5.92 Å². The maximum absolute atomic E-state index is 12.0. The molecule has 0 bridgehead atoms. The zero-order chi connectivity index (χ0) is 19.7. The number of carbonyl (C=O) groups excluding carboxylic acids is 4. The Balaban J connectivity index is 2.61. The molecule has 0 spiro atoms. The quantitative estimate of drug-likeness (QED) is 0.677.